The van der Waals surface area contributed by atoms with Gasteiger partial charge in [-0.25, -0.2) is 4.98 Å². The van der Waals surface area contributed by atoms with E-state index in [0.717, 1.165) is 32.8 Å². The molecule has 142 valence electrons. The van der Waals surface area contributed by atoms with Gasteiger partial charge in [-0.1, -0.05) is 35.9 Å². The van der Waals surface area contributed by atoms with E-state index in [1.165, 1.54) is 16.9 Å². The fourth-order valence-electron chi connectivity index (χ4n) is 3.35. The van der Waals surface area contributed by atoms with Crippen LogP contribution in [0.3, 0.4) is 0 Å². The van der Waals surface area contributed by atoms with E-state index in [1.807, 2.05) is 31.4 Å². The Hall–Kier alpha value is -2.92. The monoisotopic (exact) mass is 390 g/mol. The first kappa shape index (κ1) is 18.4. The van der Waals surface area contributed by atoms with Crippen molar-refractivity contribution in [2.75, 3.05) is 6.61 Å². The molecule has 0 amide bonds. The molecule has 0 radical (unpaired) electrons. The third-order valence-corrected chi connectivity index (χ3v) is 5.61. The van der Waals surface area contributed by atoms with Crippen LogP contribution in [0.15, 0.2) is 59.0 Å². The fraction of sp³-hybridized carbons (Fsp3) is 0.217. The zero-order valence-corrected chi connectivity index (χ0v) is 17.0. The second kappa shape index (κ2) is 7.60. The van der Waals surface area contributed by atoms with Crippen LogP contribution in [-0.2, 0) is 6.54 Å². The Labute approximate surface area is 168 Å². The van der Waals surface area contributed by atoms with Crippen molar-refractivity contribution >= 4 is 21.6 Å². The molecule has 5 heteroatoms. The molecule has 0 aliphatic rings. The van der Waals surface area contributed by atoms with Crippen molar-refractivity contribution in [1.29, 1.82) is 0 Å². The van der Waals surface area contributed by atoms with Gasteiger partial charge in [-0.15, -0.1) is 11.3 Å². The maximum absolute atomic E-state index is 13.1. The number of fused-ring (bicyclic) bond motifs is 1. The van der Waals surface area contributed by atoms with E-state index in [-0.39, 0.29) is 5.56 Å². The van der Waals surface area contributed by atoms with E-state index in [2.05, 4.69) is 42.2 Å². The summed E-state index contributed by atoms with van der Waals surface area (Å²) in [5.74, 6) is 0.829. The number of nitrogens with zero attached hydrogens (tertiary/aromatic N) is 2. The average molecular weight is 391 g/mol. The lowest BCUT2D eigenvalue weighted by Gasteiger charge is -2.10. The number of aromatic nitrogens is 2. The van der Waals surface area contributed by atoms with Crippen molar-refractivity contribution in [1.82, 2.24) is 9.55 Å². The average Bonchev–Trinajstić information content (AvgIpc) is 3.08. The predicted octanol–water partition coefficient (Wildman–Crippen LogP) is 5.13. The van der Waals surface area contributed by atoms with Gasteiger partial charge in [0.15, 0.2) is 0 Å². The van der Waals surface area contributed by atoms with E-state index >= 15 is 0 Å². The van der Waals surface area contributed by atoms with Crippen LogP contribution in [0.25, 0.3) is 21.3 Å². The van der Waals surface area contributed by atoms with Gasteiger partial charge in [-0.3, -0.25) is 9.36 Å². The minimum atomic E-state index is -0.0224. The molecular formula is C23H22N2O2S. The molecule has 0 saturated carbocycles. The first-order chi connectivity index (χ1) is 13.5. The van der Waals surface area contributed by atoms with Gasteiger partial charge in [0, 0.05) is 10.9 Å². The standard InChI is InChI=1S/C23H22N2O2S/c1-15-4-6-18(7-5-15)20-13-28-22-21(20)23(26)25(14-24-22)8-9-27-19-11-16(2)10-17(3)12-19/h4-7,10-14H,8-9H2,1-3H3. The van der Waals surface area contributed by atoms with Gasteiger partial charge in [0.25, 0.3) is 5.56 Å². The molecule has 4 nitrogen and oxygen atoms in total. The number of aryl methyl sites for hydroxylation is 3. The van der Waals surface area contributed by atoms with Crippen LogP contribution < -0.4 is 10.3 Å². The summed E-state index contributed by atoms with van der Waals surface area (Å²) >= 11 is 1.50. The molecule has 0 fully saturated rings. The fourth-order valence-corrected chi connectivity index (χ4v) is 4.26. The lowest BCUT2D eigenvalue weighted by atomic mass is 10.1. The summed E-state index contributed by atoms with van der Waals surface area (Å²) in [5.41, 5.74) is 5.49. The first-order valence-corrected chi connectivity index (χ1v) is 10.1. The summed E-state index contributed by atoms with van der Waals surface area (Å²) in [6.45, 7) is 7.02. The van der Waals surface area contributed by atoms with Crippen LogP contribution in [0.5, 0.6) is 5.75 Å². The van der Waals surface area contributed by atoms with E-state index in [4.69, 9.17) is 4.74 Å². The number of thiophene rings is 1. The van der Waals surface area contributed by atoms with Crippen LogP contribution in [0.4, 0.5) is 0 Å². The second-order valence-electron chi connectivity index (χ2n) is 7.11. The Bertz CT molecular complexity index is 1170. The molecule has 28 heavy (non-hydrogen) atoms. The minimum Gasteiger partial charge on any atom is -0.492 e. The quantitative estimate of drug-likeness (QED) is 0.474. The van der Waals surface area contributed by atoms with Crippen LogP contribution in [0.2, 0.25) is 0 Å². The molecular weight excluding hydrogens is 368 g/mol. The highest BCUT2D eigenvalue weighted by Gasteiger charge is 2.13. The first-order valence-electron chi connectivity index (χ1n) is 9.26. The molecule has 0 saturated heterocycles. The van der Waals surface area contributed by atoms with E-state index in [9.17, 15) is 4.79 Å². The number of rotatable bonds is 5. The molecule has 2 aromatic heterocycles. The van der Waals surface area contributed by atoms with Crippen LogP contribution in [-0.4, -0.2) is 16.2 Å². The lowest BCUT2D eigenvalue weighted by Crippen LogP contribution is -2.23. The van der Waals surface area contributed by atoms with Crippen LogP contribution in [0, 0.1) is 20.8 Å². The van der Waals surface area contributed by atoms with Gasteiger partial charge in [-0.05, 0) is 49.6 Å². The molecule has 0 spiro atoms. The molecule has 0 N–H and O–H groups in total. The molecule has 2 heterocycles. The molecule has 0 aliphatic heterocycles. The molecule has 0 bridgehead atoms. The number of benzene rings is 2. The Morgan fingerprint density at radius 1 is 1.00 bits per heavy atom. The van der Waals surface area contributed by atoms with Gasteiger partial charge in [0.2, 0.25) is 0 Å². The van der Waals surface area contributed by atoms with Gasteiger partial charge in [0.1, 0.15) is 17.2 Å². The maximum atomic E-state index is 13.1. The number of hydrogen-bond donors (Lipinski definition) is 0. The summed E-state index contributed by atoms with van der Waals surface area (Å²) in [7, 11) is 0. The van der Waals surface area contributed by atoms with Crippen molar-refractivity contribution in [2.45, 2.75) is 27.3 Å². The largest absolute Gasteiger partial charge is 0.492 e. The second-order valence-corrected chi connectivity index (χ2v) is 7.97. The minimum absolute atomic E-state index is 0.0224. The van der Waals surface area contributed by atoms with Crippen molar-refractivity contribution in [2.24, 2.45) is 0 Å². The smallest absolute Gasteiger partial charge is 0.262 e. The number of hydrogen-bond acceptors (Lipinski definition) is 4. The van der Waals surface area contributed by atoms with Crippen molar-refractivity contribution in [3.8, 4) is 16.9 Å². The Morgan fingerprint density at radius 2 is 1.71 bits per heavy atom. The van der Waals surface area contributed by atoms with E-state index < -0.39 is 0 Å². The van der Waals surface area contributed by atoms with Crippen molar-refractivity contribution < 1.29 is 4.74 Å². The molecule has 2 aromatic carbocycles. The lowest BCUT2D eigenvalue weighted by molar-refractivity contribution is 0.295. The highest BCUT2D eigenvalue weighted by Crippen LogP contribution is 2.30. The third kappa shape index (κ3) is 3.71. The number of ether oxygens (including phenoxy) is 1. The topological polar surface area (TPSA) is 44.1 Å². The highest BCUT2D eigenvalue weighted by atomic mass is 32.1. The molecule has 4 aromatic rings. The summed E-state index contributed by atoms with van der Waals surface area (Å²) in [4.78, 5) is 18.3. The highest BCUT2D eigenvalue weighted by molar-refractivity contribution is 7.17. The van der Waals surface area contributed by atoms with E-state index in [0.29, 0.717) is 18.5 Å². The van der Waals surface area contributed by atoms with Crippen LogP contribution in [0.1, 0.15) is 16.7 Å². The Kier molecular flexibility index (Phi) is 5.01. The van der Waals surface area contributed by atoms with Crippen molar-refractivity contribution in [3.63, 3.8) is 0 Å². The Morgan fingerprint density at radius 3 is 2.43 bits per heavy atom. The van der Waals surface area contributed by atoms with Crippen LogP contribution >= 0.6 is 11.3 Å². The normalized spacial score (nSPS) is 11.1. The van der Waals surface area contributed by atoms with E-state index in [1.54, 1.807) is 10.9 Å². The van der Waals surface area contributed by atoms with Gasteiger partial charge in [-0.2, -0.15) is 0 Å². The summed E-state index contributed by atoms with van der Waals surface area (Å²) in [6.07, 6.45) is 1.62. The molecule has 0 unspecified atom stereocenters. The summed E-state index contributed by atoms with van der Waals surface area (Å²) < 4.78 is 7.50. The van der Waals surface area contributed by atoms with Gasteiger partial charge < -0.3 is 4.74 Å². The summed E-state index contributed by atoms with van der Waals surface area (Å²) in [5, 5.41) is 2.70. The SMILES string of the molecule is Cc1ccc(-c2csc3ncn(CCOc4cc(C)cc(C)c4)c(=O)c23)cc1. The van der Waals surface area contributed by atoms with Crippen molar-refractivity contribution in [3.05, 3.63) is 81.2 Å². The maximum Gasteiger partial charge on any atom is 0.262 e. The molecule has 0 aliphatic carbocycles. The zero-order valence-electron chi connectivity index (χ0n) is 16.2. The molecule has 4 rings (SSSR count). The molecule has 0 atom stereocenters. The third-order valence-electron chi connectivity index (χ3n) is 4.72. The zero-order chi connectivity index (χ0) is 19.7. The summed E-state index contributed by atoms with van der Waals surface area (Å²) in [6, 6.07) is 14.3. The van der Waals surface area contributed by atoms with Gasteiger partial charge in [0.05, 0.1) is 18.3 Å². The predicted molar refractivity (Wildman–Crippen MR) is 115 cm³/mol. The Balaban J connectivity index is 1.60. The van der Waals surface area contributed by atoms with Gasteiger partial charge >= 0.3 is 0 Å².